The van der Waals surface area contributed by atoms with Crippen molar-refractivity contribution in [1.29, 1.82) is 0 Å². The monoisotopic (exact) mass is 444 g/mol. The van der Waals surface area contributed by atoms with Gasteiger partial charge in [0, 0.05) is 36.0 Å². The van der Waals surface area contributed by atoms with Crippen LogP contribution in [0.15, 0.2) is 36.8 Å². The first-order valence-corrected chi connectivity index (χ1v) is 11.5. The SMILES string of the molecule is Cc1ccc(-c2nc([C@H]3CCO[C@@H](c4cnn(C5CC5)c4)C3)nc3nc(C)cnc23)c(F)c1. The molecule has 0 bridgehead atoms. The molecule has 0 amide bonds. The van der Waals surface area contributed by atoms with Crippen molar-refractivity contribution < 1.29 is 9.13 Å². The van der Waals surface area contributed by atoms with Crippen LogP contribution in [0.5, 0.6) is 0 Å². The molecule has 33 heavy (non-hydrogen) atoms. The Bertz CT molecular complexity index is 1350. The molecule has 7 nitrogen and oxygen atoms in total. The van der Waals surface area contributed by atoms with Gasteiger partial charge in [-0.15, -0.1) is 0 Å². The third-order valence-corrected chi connectivity index (χ3v) is 6.49. The summed E-state index contributed by atoms with van der Waals surface area (Å²) < 4.78 is 23.1. The minimum atomic E-state index is -0.319. The van der Waals surface area contributed by atoms with Crippen molar-refractivity contribution in [3.63, 3.8) is 0 Å². The molecule has 1 aliphatic heterocycles. The summed E-state index contributed by atoms with van der Waals surface area (Å²) in [5.74, 6) is 0.424. The Hall–Kier alpha value is -3.26. The fourth-order valence-corrected chi connectivity index (χ4v) is 4.51. The van der Waals surface area contributed by atoms with Crippen LogP contribution in [0.1, 0.15) is 66.4 Å². The third kappa shape index (κ3) is 3.88. The van der Waals surface area contributed by atoms with Crippen LogP contribution in [0.3, 0.4) is 0 Å². The van der Waals surface area contributed by atoms with Crippen molar-refractivity contribution in [2.24, 2.45) is 0 Å². The smallest absolute Gasteiger partial charge is 0.182 e. The zero-order chi connectivity index (χ0) is 22.5. The maximum atomic E-state index is 14.9. The average Bonchev–Trinajstić information content (AvgIpc) is 3.54. The molecule has 1 aromatic carbocycles. The zero-order valence-corrected chi connectivity index (χ0v) is 18.7. The van der Waals surface area contributed by atoms with Gasteiger partial charge in [-0.05, 0) is 57.2 Å². The second-order valence-electron chi connectivity index (χ2n) is 9.16. The fraction of sp³-hybridized carbons (Fsp3) is 0.400. The van der Waals surface area contributed by atoms with E-state index in [0.717, 1.165) is 29.7 Å². The minimum Gasteiger partial charge on any atom is -0.373 e. The number of aromatic nitrogens is 6. The Balaban J connectivity index is 1.39. The van der Waals surface area contributed by atoms with Crippen LogP contribution in [0.25, 0.3) is 22.4 Å². The Morgan fingerprint density at radius 1 is 1.06 bits per heavy atom. The molecule has 3 aromatic heterocycles. The van der Waals surface area contributed by atoms with Gasteiger partial charge in [0.15, 0.2) is 5.65 Å². The number of hydrogen-bond acceptors (Lipinski definition) is 6. The molecule has 2 aliphatic rings. The van der Waals surface area contributed by atoms with Crippen LogP contribution < -0.4 is 0 Å². The Labute approximate surface area is 191 Å². The predicted molar refractivity (Wildman–Crippen MR) is 121 cm³/mol. The molecule has 2 fully saturated rings. The van der Waals surface area contributed by atoms with Gasteiger partial charge in [0.25, 0.3) is 0 Å². The molecule has 0 radical (unpaired) electrons. The van der Waals surface area contributed by atoms with E-state index in [1.54, 1.807) is 12.3 Å². The van der Waals surface area contributed by atoms with Crippen LogP contribution in [0, 0.1) is 19.7 Å². The van der Waals surface area contributed by atoms with E-state index in [-0.39, 0.29) is 17.8 Å². The van der Waals surface area contributed by atoms with Crippen LogP contribution in [-0.4, -0.2) is 36.3 Å². The standard InChI is InChI=1S/C25H25FN6O/c1-14-3-6-19(20(26)9-14)22-23-25(29-15(2)11-27-23)31-24(30-22)16-7-8-33-21(10-16)17-12-28-32(13-17)18-4-5-18/h3,6,9,11-13,16,18,21H,4-5,7-8,10H2,1-2H3/t16-,21+/m0/s1. The minimum absolute atomic E-state index is 0.0568. The van der Waals surface area contributed by atoms with E-state index in [4.69, 9.17) is 14.7 Å². The third-order valence-electron chi connectivity index (χ3n) is 6.49. The van der Waals surface area contributed by atoms with Crippen molar-refractivity contribution in [1.82, 2.24) is 29.7 Å². The summed E-state index contributed by atoms with van der Waals surface area (Å²) in [4.78, 5) is 18.7. The Kier molecular flexibility index (Phi) is 4.90. The average molecular weight is 445 g/mol. The molecule has 6 rings (SSSR count). The lowest BCUT2D eigenvalue weighted by Gasteiger charge is -2.28. The summed E-state index contributed by atoms with van der Waals surface area (Å²) in [7, 11) is 0. The number of aryl methyl sites for hydroxylation is 2. The molecule has 2 atom stereocenters. The van der Waals surface area contributed by atoms with E-state index in [2.05, 4.69) is 21.3 Å². The summed E-state index contributed by atoms with van der Waals surface area (Å²) in [5, 5.41) is 4.52. The molecule has 1 saturated carbocycles. The maximum absolute atomic E-state index is 14.9. The van der Waals surface area contributed by atoms with Gasteiger partial charge in [-0.25, -0.2) is 24.3 Å². The van der Waals surface area contributed by atoms with Gasteiger partial charge in [-0.1, -0.05) is 6.07 Å². The molecular formula is C25H25FN6O. The maximum Gasteiger partial charge on any atom is 0.182 e. The molecule has 4 aromatic rings. The molecule has 0 N–H and O–H groups in total. The number of hydrogen-bond donors (Lipinski definition) is 0. The van der Waals surface area contributed by atoms with Crippen molar-refractivity contribution >= 4 is 11.2 Å². The summed E-state index contributed by atoms with van der Waals surface area (Å²) >= 11 is 0. The molecule has 1 saturated heterocycles. The van der Waals surface area contributed by atoms with Gasteiger partial charge in [0.2, 0.25) is 0 Å². The van der Waals surface area contributed by atoms with Crippen molar-refractivity contribution in [3.8, 4) is 11.3 Å². The number of halogens is 1. The van der Waals surface area contributed by atoms with E-state index in [1.807, 2.05) is 30.8 Å². The fourth-order valence-electron chi connectivity index (χ4n) is 4.51. The van der Waals surface area contributed by atoms with Gasteiger partial charge in [-0.2, -0.15) is 5.10 Å². The number of ether oxygens (including phenoxy) is 1. The second kappa shape index (κ2) is 7.95. The Morgan fingerprint density at radius 3 is 2.76 bits per heavy atom. The highest BCUT2D eigenvalue weighted by Crippen LogP contribution is 2.39. The van der Waals surface area contributed by atoms with Crippen molar-refractivity contribution in [3.05, 3.63) is 65.3 Å². The molecule has 4 heterocycles. The summed E-state index contributed by atoms with van der Waals surface area (Å²) in [6.45, 7) is 4.36. The van der Waals surface area contributed by atoms with Crippen molar-refractivity contribution in [2.45, 2.75) is 57.6 Å². The topological polar surface area (TPSA) is 78.6 Å². The Morgan fingerprint density at radius 2 is 1.94 bits per heavy atom. The number of rotatable bonds is 4. The van der Waals surface area contributed by atoms with E-state index in [1.165, 1.54) is 18.9 Å². The first-order valence-electron chi connectivity index (χ1n) is 11.5. The van der Waals surface area contributed by atoms with Crippen molar-refractivity contribution in [2.75, 3.05) is 6.61 Å². The number of nitrogens with zero attached hydrogens (tertiary/aromatic N) is 6. The summed E-state index contributed by atoms with van der Waals surface area (Å²) in [5.41, 5.74) is 4.63. The first kappa shape index (κ1) is 20.4. The highest BCUT2D eigenvalue weighted by molar-refractivity contribution is 5.87. The number of benzene rings is 1. The summed E-state index contributed by atoms with van der Waals surface area (Å²) in [6.07, 6.45) is 9.56. The lowest BCUT2D eigenvalue weighted by atomic mass is 9.92. The quantitative estimate of drug-likeness (QED) is 0.440. The lowest BCUT2D eigenvalue weighted by Crippen LogP contribution is -2.20. The van der Waals surface area contributed by atoms with Crippen LogP contribution in [0.2, 0.25) is 0 Å². The van der Waals surface area contributed by atoms with E-state index < -0.39 is 0 Å². The van der Waals surface area contributed by atoms with Gasteiger partial charge in [0.1, 0.15) is 22.9 Å². The molecular weight excluding hydrogens is 419 g/mol. The van der Waals surface area contributed by atoms with Crippen LogP contribution in [-0.2, 0) is 4.74 Å². The molecule has 0 spiro atoms. The van der Waals surface area contributed by atoms with Gasteiger partial charge < -0.3 is 4.74 Å². The normalized spacial score (nSPS) is 20.9. The highest BCUT2D eigenvalue weighted by atomic mass is 19.1. The molecule has 8 heteroatoms. The molecule has 168 valence electrons. The van der Waals surface area contributed by atoms with Gasteiger partial charge in [0.05, 0.1) is 24.0 Å². The van der Waals surface area contributed by atoms with Crippen LogP contribution in [0.4, 0.5) is 4.39 Å². The van der Waals surface area contributed by atoms with E-state index >= 15 is 0 Å². The van der Waals surface area contributed by atoms with E-state index in [0.29, 0.717) is 40.9 Å². The van der Waals surface area contributed by atoms with E-state index in [9.17, 15) is 4.39 Å². The highest BCUT2D eigenvalue weighted by Gasteiger charge is 2.31. The van der Waals surface area contributed by atoms with Gasteiger partial charge in [-0.3, -0.25) is 4.68 Å². The first-order chi connectivity index (χ1) is 16.0. The molecule has 1 aliphatic carbocycles. The molecule has 0 unspecified atom stereocenters. The lowest BCUT2D eigenvalue weighted by molar-refractivity contribution is 0.00396. The predicted octanol–water partition coefficient (Wildman–Crippen LogP) is 5.01. The van der Waals surface area contributed by atoms with Crippen LogP contribution >= 0.6 is 0 Å². The zero-order valence-electron chi connectivity index (χ0n) is 18.7. The largest absolute Gasteiger partial charge is 0.373 e. The summed E-state index contributed by atoms with van der Waals surface area (Å²) in [6, 6.07) is 5.70. The van der Waals surface area contributed by atoms with Gasteiger partial charge >= 0.3 is 0 Å². The number of fused-ring (bicyclic) bond motifs is 1. The second-order valence-corrected chi connectivity index (χ2v) is 9.16.